The fraction of sp³-hybridized carbons (Fsp3) is 0.243. The van der Waals surface area contributed by atoms with Crippen molar-refractivity contribution in [2.75, 3.05) is 43.0 Å². The van der Waals surface area contributed by atoms with Crippen LogP contribution in [-0.2, 0) is 13.0 Å². The van der Waals surface area contributed by atoms with Gasteiger partial charge in [0, 0.05) is 34.4 Å². The molecule has 0 spiro atoms. The summed E-state index contributed by atoms with van der Waals surface area (Å²) in [6.07, 6.45) is 4.82. The molecule has 2 heterocycles. The monoisotopic (exact) mass is 775 g/mol. The number of methoxy groups -OCH3 is 2. The fourth-order valence-electron chi connectivity index (χ4n) is 5.61. The molecule has 0 aliphatic carbocycles. The zero-order valence-corrected chi connectivity index (χ0v) is 30.7. The van der Waals surface area contributed by atoms with E-state index in [1.54, 1.807) is 32.6 Å². The lowest BCUT2D eigenvalue weighted by molar-refractivity contribution is 0.282. The predicted octanol–water partition coefficient (Wildman–Crippen LogP) is 9.19. The van der Waals surface area contributed by atoms with E-state index in [1.807, 2.05) is 42.5 Å². The predicted molar refractivity (Wildman–Crippen MR) is 204 cm³/mol. The molecule has 0 unspecified atom stereocenters. The maximum Gasteiger partial charge on any atom is 0.250 e. The highest BCUT2D eigenvalue weighted by Crippen LogP contribution is 2.37. The lowest BCUT2D eigenvalue weighted by atomic mass is 9.90. The Kier molecular flexibility index (Phi) is 11.9. The fourth-order valence-corrected chi connectivity index (χ4v) is 6.64. The van der Waals surface area contributed by atoms with Crippen LogP contribution in [-0.4, -0.2) is 48.5 Å². The van der Waals surface area contributed by atoms with Crippen LogP contribution in [0.5, 0.6) is 17.2 Å². The number of piperidine rings is 1. The van der Waals surface area contributed by atoms with Crippen molar-refractivity contribution >= 4 is 68.9 Å². The van der Waals surface area contributed by atoms with Crippen LogP contribution in [0.15, 0.2) is 94.5 Å². The van der Waals surface area contributed by atoms with E-state index in [4.69, 9.17) is 47.4 Å². The number of hydrogen-bond acceptors (Lipinski definition) is 10. The molecule has 1 saturated heterocycles. The molecule has 6 rings (SSSR count). The van der Waals surface area contributed by atoms with E-state index in [0.717, 1.165) is 54.9 Å². The molecule has 50 heavy (non-hydrogen) atoms. The van der Waals surface area contributed by atoms with E-state index < -0.39 is 0 Å². The average Bonchev–Trinajstić information content (AvgIpc) is 3.12. The summed E-state index contributed by atoms with van der Waals surface area (Å²) in [6, 6.07) is 27.2. The summed E-state index contributed by atoms with van der Waals surface area (Å²) in [7, 11) is 3.22. The summed E-state index contributed by atoms with van der Waals surface area (Å²) in [4.78, 5) is 16.3. The molecule has 0 amide bonds. The number of nitrogens with one attached hydrogen (secondary N) is 2. The zero-order chi connectivity index (χ0) is 34.9. The highest BCUT2D eigenvalue weighted by Gasteiger charge is 2.23. The van der Waals surface area contributed by atoms with E-state index in [1.165, 1.54) is 5.56 Å². The highest BCUT2D eigenvalue weighted by atomic mass is 79.9. The van der Waals surface area contributed by atoms with Crippen molar-refractivity contribution in [1.82, 2.24) is 15.0 Å². The molecule has 1 fully saturated rings. The Bertz CT molecular complexity index is 1930. The third-order valence-electron chi connectivity index (χ3n) is 8.25. The molecule has 1 aliphatic heterocycles. The van der Waals surface area contributed by atoms with Gasteiger partial charge in [-0.25, -0.2) is 5.43 Å². The maximum absolute atomic E-state index is 6.33. The van der Waals surface area contributed by atoms with E-state index in [0.29, 0.717) is 49.8 Å². The van der Waals surface area contributed by atoms with Crippen LogP contribution in [0.25, 0.3) is 0 Å². The normalized spacial score (nSPS) is 13.3. The van der Waals surface area contributed by atoms with Crippen molar-refractivity contribution in [3.63, 3.8) is 0 Å². The Morgan fingerprint density at radius 2 is 1.66 bits per heavy atom. The quantitative estimate of drug-likeness (QED) is 0.0895. The summed E-state index contributed by atoms with van der Waals surface area (Å²) in [5.41, 5.74) is 6.74. The van der Waals surface area contributed by atoms with Crippen molar-refractivity contribution in [2.24, 2.45) is 11.0 Å². The van der Waals surface area contributed by atoms with Gasteiger partial charge in [-0.15, -0.1) is 0 Å². The molecule has 0 bridgehead atoms. The lowest BCUT2D eigenvalue weighted by Gasteiger charge is -2.32. The maximum atomic E-state index is 6.33. The second-order valence-electron chi connectivity index (χ2n) is 11.7. The van der Waals surface area contributed by atoms with Crippen LogP contribution in [0, 0.1) is 5.92 Å². The van der Waals surface area contributed by atoms with Crippen LogP contribution in [0.1, 0.15) is 29.5 Å². The minimum absolute atomic E-state index is 0.235. The molecule has 0 saturated carbocycles. The van der Waals surface area contributed by atoms with Crippen molar-refractivity contribution in [1.29, 1.82) is 0 Å². The van der Waals surface area contributed by atoms with E-state index in [-0.39, 0.29) is 6.61 Å². The standard InChI is InChI=1S/C37H36BrCl2N7O3/c1-48-30-12-10-29(11-13-30)42-35-43-36(45-37(44-35)47-16-14-25(15-17-47)18-24-6-4-3-5-7-24)46-41-22-26-19-31(38)34(33(20-26)49-2)50-23-27-8-9-28(39)21-32(27)40/h3-13,19-22,25H,14-18,23H2,1-2H3,(H2,42,43,44,45,46)/b41-22-. The topological polar surface area (TPSA) is 106 Å². The van der Waals surface area contributed by atoms with Crippen LogP contribution < -0.4 is 29.9 Å². The summed E-state index contributed by atoms with van der Waals surface area (Å²) >= 11 is 16.0. The Morgan fingerprint density at radius 1 is 0.900 bits per heavy atom. The van der Waals surface area contributed by atoms with Gasteiger partial charge in [-0.3, -0.25) is 0 Å². The first-order valence-corrected chi connectivity index (χ1v) is 17.6. The van der Waals surface area contributed by atoms with Crippen molar-refractivity contribution < 1.29 is 14.2 Å². The van der Waals surface area contributed by atoms with Gasteiger partial charge in [-0.1, -0.05) is 59.6 Å². The minimum atomic E-state index is 0.235. The summed E-state index contributed by atoms with van der Waals surface area (Å²) < 4.78 is 17.7. The Morgan fingerprint density at radius 3 is 2.38 bits per heavy atom. The molecule has 258 valence electrons. The number of hydrogen-bond donors (Lipinski definition) is 2. The first-order chi connectivity index (χ1) is 24.4. The SMILES string of the molecule is COc1ccc(Nc2nc(N/N=C\c3cc(Br)c(OCc4ccc(Cl)cc4Cl)c(OC)c3)nc(N3CCC(Cc4ccccc4)CC3)n2)cc1. The van der Waals surface area contributed by atoms with Gasteiger partial charge in [0.25, 0.3) is 0 Å². The van der Waals surface area contributed by atoms with E-state index in [2.05, 4.69) is 72.0 Å². The van der Waals surface area contributed by atoms with E-state index >= 15 is 0 Å². The number of ether oxygens (including phenoxy) is 3. The number of hydrazone groups is 1. The first-order valence-electron chi connectivity index (χ1n) is 16.1. The molecular formula is C37H36BrCl2N7O3. The number of benzene rings is 4. The van der Waals surface area contributed by atoms with E-state index in [9.17, 15) is 0 Å². The van der Waals surface area contributed by atoms with Crippen molar-refractivity contribution in [2.45, 2.75) is 25.9 Å². The Labute approximate surface area is 310 Å². The number of halogens is 3. The summed E-state index contributed by atoms with van der Waals surface area (Å²) in [5, 5.41) is 8.83. The number of anilines is 4. The zero-order valence-electron chi connectivity index (χ0n) is 27.6. The number of rotatable bonds is 13. The van der Waals surface area contributed by atoms with Gasteiger partial charge < -0.3 is 24.4 Å². The third-order valence-corrected chi connectivity index (χ3v) is 9.43. The summed E-state index contributed by atoms with van der Waals surface area (Å²) in [5.74, 6) is 3.71. The average molecular weight is 778 g/mol. The van der Waals surface area contributed by atoms with Gasteiger partial charge in [0.2, 0.25) is 17.8 Å². The van der Waals surface area contributed by atoms with Gasteiger partial charge in [-0.05, 0) is 101 Å². The minimum Gasteiger partial charge on any atom is -0.497 e. The third kappa shape index (κ3) is 9.35. The Hall–Kier alpha value is -4.58. The number of nitrogens with zero attached hydrogens (tertiary/aromatic N) is 5. The smallest absolute Gasteiger partial charge is 0.250 e. The highest BCUT2D eigenvalue weighted by molar-refractivity contribution is 9.10. The first kappa shape index (κ1) is 35.3. The van der Waals surface area contributed by atoms with Crippen LogP contribution in [0.2, 0.25) is 10.0 Å². The molecule has 10 nitrogen and oxygen atoms in total. The Balaban J connectivity index is 1.17. The second-order valence-corrected chi connectivity index (χ2v) is 13.4. The molecular weight excluding hydrogens is 741 g/mol. The molecule has 13 heteroatoms. The molecule has 4 aromatic carbocycles. The molecule has 5 aromatic rings. The largest absolute Gasteiger partial charge is 0.497 e. The van der Waals surface area contributed by atoms with Crippen molar-refractivity contribution in [3.8, 4) is 17.2 Å². The molecule has 0 atom stereocenters. The van der Waals surface area contributed by atoms with Crippen LogP contribution in [0.4, 0.5) is 23.5 Å². The number of aromatic nitrogens is 3. The lowest BCUT2D eigenvalue weighted by Crippen LogP contribution is -2.35. The van der Waals surface area contributed by atoms with Gasteiger partial charge in [0.05, 0.1) is 24.9 Å². The van der Waals surface area contributed by atoms with Crippen LogP contribution >= 0.6 is 39.1 Å². The molecule has 2 N–H and O–H groups in total. The van der Waals surface area contributed by atoms with Gasteiger partial charge in [-0.2, -0.15) is 20.1 Å². The van der Waals surface area contributed by atoms with Crippen LogP contribution in [0.3, 0.4) is 0 Å². The van der Waals surface area contributed by atoms with Gasteiger partial charge >= 0.3 is 0 Å². The molecule has 1 aromatic heterocycles. The summed E-state index contributed by atoms with van der Waals surface area (Å²) in [6.45, 7) is 1.93. The molecule has 1 aliphatic rings. The second kappa shape index (κ2) is 16.9. The van der Waals surface area contributed by atoms with Gasteiger partial charge in [0.1, 0.15) is 12.4 Å². The van der Waals surface area contributed by atoms with Gasteiger partial charge in [0.15, 0.2) is 11.5 Å². The van der Waals surface area contributed by atoms with Crippen molar-refractivity contribution in [3.05, 3.63) is 116 Å². The molecule has 0 radical (unpaired) electrons.